The number of benzene rings is 1. The van der Waals surface area contributed by atoms with Crippen LogP contribution in [0.4, 0.5) is 11.6 Å². The molecule has 4 rings (SSSR count). The fraction of sp³-hybridized carbons (Fsp3) is 0.222. The van der Waals surface area contributed by atoms with Crippen molar-refractivity contribution in [2.45, 2.75) is 26.3 Å². The summed E-state index contributed by atoms with van der Waals surface area (Å²) in [4.78, 5) is 8.57. The van der Waals surface area contributed by atoms with E-state index in [0.29, 0.717) is 35.1 Å². The standard InChI is InChI=1S/C18H19N7O/c1-10(2)12-8-11(5-6-13(12)19)9-25-17-16(23-24-25)15(21-18(20)22-17)14-4-3-7-26-14/h3-8,10H,9,19H2,1-2H3,(H2,20,21,22). The Morgan fingerprint density at radius 1 is 1.15 bits per heavy atom. The molecule has 3 heterocycles. The Hall–Kier alpha value is -3.42. The molecule has 0 amide bonds. The summed E-state index contributed by atoms with van der Waals surface area (Å²) in [5.74, 6) is 1.06. The molecule has 0 unspecified atom stereocenters. The molecule has 0 aliphatic rings. The zero-order valence-corrected chi connectivity index (χ0v) is 14.5. The summed E-state index contributed by atoms with van der Waals surface area (Å²) in [6.07, 6.45) is 1.58. The number of fused-ring (bicyclic) bond motifs is 1. The number of anilines is 2. The summed E-state index contributed by atoms with van der Waals surface area (Å²) in [5.41, 5.74) is 16.6. The molecular weight excluding hydrogens is 330 g/mol. The van der Waals surface area contributed by atoms with Crippen molar-refractivity contribution in [3.8, 4) is 11.5 Å². The maximum absolute atomic E-state index is 6.07. The molecule has 0 radical (unpaired) electrons. The first-order chi connectivity index (χ1) is 12.5. The highest BCUT2D eigenvalue weighted by Crippen LogP contribution is 2.27. The summed E-state index contributed by atoms with van der Waals surface area (Å²) in [6.45, 7) is 4.73. The van der Waals surface area contributed by atoms with Gasteiger partial charge in [-0.2, -0.15) is 4.98 Å². The summed E-state index contributed by atoms with van der Waals surface area (Å²) in [7, 11) is 0. The zero-order chi connectivity index (χ0) is 18.3. The third-order valence-corrected chi connectivity index (χ3v) is 4.24. The molecule has 4 N–H and O–H groups in total. The SMILES string of the molecule is CC(C)c1cc(Cn2nnc3c(-c4ccco4)nc(N)nc32)ccc1N. The van der Waals surface area contributed by atoms with Crippen LogP contribution in [0.15, 0.2) is 41.0 Å². The van der Waals surface area contributed by atoms with E-state index in [0.717, 1.165) is 16.8 Å². The first-order valence-corrected chi connectivity index (χ1v) is 8.32. The van der Waals surface area contributed by atoms with Crippen LogP contribution in [0.1, 0.15) is 30.9 Å². The minimum absolute atomic E-state index is 0.146. The smallest absolute Gasteiger partial charge is 0.222 e. The van der Waals surface area contributed by atoms with Crippen LogP contribution in [-0.4, -0.2) is 25.0 Å². The molecule has 0 bridgehead atoms. The largest absolute Gasteiger partial charge is 0.463 e. The van der Waals surface area contributed by atoms with Gasteiger partial charge in [0.25, 0.3) is 0 Å². The number of aromatic nitrogens is 5. The van der Waals surface area contributed by atoms with Crippen molar-refractivity contribution >= 4 is 22.8 Å². The van der Waals surface area contributed by atoms with E-state index in [-0.39, 0.29) is 5.95 Å². The summed E-state index contributed by atoms with van der Waals surface area (Å²) in [5, 5.41) is 8.47. The van der Waals surface area contributed by atoms with Gasteiger partial charge in [-0.1, -0.05) is 31.2 Å². The second-order valence-electron chi connectivity index (χ2n) is 6.44. The van der Waals surface area contributed by atoms with E-state index in [1.807, 2.05) is 12.1 Å². The Labute approximate surface area is 149 Å². The Bertz CT molecular complexity index is 1070. The predicted molar refractivity (Wildman–Crippen MR) is 99.3 cm³/mol. The minimum Gasteiger partial charge on any atom is -0.463 e. The van der Waals surface area contributed by atoms with Crippen LogP contribution < -0.4 is 11.5 Å². The molecule has 132 valence electrons. The number of furan rings is 1. The van der Waals surface area contributed by atoms with E-state index in [9.17, 15) is 0 Å². The highest BCUT2D eigenvalue weighted by atomic mass is 16.3. The van der Waals surface area contributed by atoms with Crippen LogP contribution in [0, 0.1) is 0 Å². The van der Waals surface area contributed by atoms with Crippen molar-refractivity contribution in [3.05, 3.63) is 47.7 Å². The summed E-state index contributed by atoms with van der Waals surface area (Å²) >= 11 is 0. The normalized spacial score (nSPS) is 11.5. The molecule has 26 heavy (non-hydrogen) atoms. The zero-order valence-electron chi connectivity index (χ0n) is 14.5. The van der Waals surface area contributed by atoms with E-state index in [4.69, 9.17) is 15.9 Å². The van der Waals surface area contributed by atoms with E-state index < -0.39 is 0 Å². The predicted octanol–water partition coefficient (Wildman–Crippen LogP) is 2.82. The van der Waals surface area contributed by atoms with Gasteiger partial charge in [-0.3, -0.25) is 0 Å². The fourth-order valence-corrected chi connectivity index (χ4v) is 2.96. The number of rotatable bonds is 4. The average molecular weight is 349 g/mol. The molecular formula is C18H19N7O. The Morgan fingerprint density at radius 2 is 2.00 bits per heavy atom. The van der Waals surface area contributed by atoms with E-state index in [1.54, 1.807) is 23.1 Å². The quantitative estimate of drug-likeness (QED) is 0.543. The van der Waals surface area contributed by atoms with Crippen molar-refractivity contribution in [1.82, 2.24) is 25.0 Å². The number of nitrogens with two attached hydrogens (primary N) is 2. The number of nitrogen functional groups attached to an aromatic ring is 2. The van der Waals surface area contributed by atoms with Crippen LogP contribution in [0.2, 0.25) is 0 Å². The monoisotopic (exact) mass is 349 g/mol. The van der Waals surface area contributed by atoms with Gasteiger partial charge < -0.3 is 15.9 Å². The van der Waals surface area contributed by atoms with Gasteiger partial charge in [-0.15, -0.1) is 5.10 Å². The van der Waals surface area contributed by atoms with Crippen LogP contribution >= 0.6 is 0 Å². The Kier molecular flexibility index (Phi) is 3.80. The third-order valence-electron chi connectivity index (χ3n) is 4.24. The molecule has 1 aromatic carbocycles. The topological polar surface area (TPSA) is 122 Å². The first-order valence-electron chi connectivity index (χ1n) is 8.32. The number of hydrogen-bond donors (Lipinski definition) is 2. The van der Waals surface area contributed by atoms with Crippen molar-refractivity contribution in [1.29, 1.82) is 0 Å². The summed E-state index contributed by atoms with van der Waals surface area (Å²) < 4.78 is 7.13. The van der Waals surface area contributed by atoms with Crippen LogP contribution in [-0.2, 0) is 6.54 Å². The number of nitrogens with zero attached hydrogens (tertiary/aromatic N) is 5. The van der Waals surface area contributed by atoms with E-state index >= 15 is 0 Å². The summed E-state index contributed by atoms with van der Waals surface area (Å²) in [6, 6.07) is 9.57. The van der Waals surface area contributed by atoms with E-state index in [1.165, 1.54) is 0 Å². The lowest BCUT2D eigenvalue weighted by Crippen LogP contribution is -2.06. The molecule has 0 saturated carbocycles. The molecule has 0 fully saturated rings. The van der Waals surface area contributed by atoms with Gasteiger partial charge in [-0.05, 0) is 35.2 Å². The minimum atomic E-state index is 0.146. The lowest BCUT2D eigenvalue weighted by atomic mass is 9.99. The third kappa shape index (κ3) is 2.75. The molecule has 0 saturated heterocycles. The Balaban J connectivity index is 1.78. The van der Waals surface area contributed by atoms with Gasteiger partial charge in [0.1, 0.15) is 5.69 Å². The van der Waals surface area contributed by atoms with Crippen LogP contribution in [0.25, 0.3) is 22.6 Å². The highest BCUT2D eigenvalue weighted by Gasteiger charge is 2.17. The molecule has 3 aromatic heterocycles. The van der Waals surface area contributed by atoms with Crippen molar-refractivity contribution in [3.63, 3.8) is 0 Å². The van der Waals surface area contributed by atoms with Gasteiger partial charge in [0.2, 0.25) is 5.95 Å². The van der Waals surface area contributed by atoms with Crippen molar-refractivity contribution < 1.29 is 4.42 Å². The second-order valence-corrected chi connectivity index (χ2v) is 6.44. The first kappa shape index (κ1) is 16.1. The Morgan fingerprint density at radius 3 is 2.73 bits per heavy atom. The average Bonchev–Trinajstić information content (AvgIpc) is 3.26. The molecule has 0 atom stereocenters. The van der Waals surface area contributed by atoms with Gasteiger partial charge in [-0.25, -0.2) is 9.67 Å². The molecule has 8 heteroatoms. The van der Waals surface area contributed by atoms with Crippen molar-refractivity contribution in [2.75, 3.05) is 11.5 Å². The molecule has 0 aliphatic carbocycles. The van der Waals surface area contributed by atoms with Crippen molar-refractivity contribution in [2.24, 2.45) is 0 Å². The molecule has 8 nitrogen and oxygen atoms in total. The second kappa shape index (κ2) is 6.14. The highest BCUT2D eigenvalue weighted by molar-refractivity contribution is 5.85. The molecule has 0 spiro atoms. The lowest BCUT2D eigenvalue weighted by molar-refractivity contribution is 0.580. The molecule has 0 aliphatic heterocycles. The van der Waals surface area contributed by atoms with Gasteiger partial charge in [0.15, 0.2) is 16.9 Å². The fourth-order valence-electron chi connectivity index (χ4n) is 2.96. The maximum atomic E-state index is 6.07. The van der Waals surface area contributed by atoms with Gasteiger partial charge >= 0.3 is 0 Å². The van der Waals surface area contributed by atoms with E-state index in [2.05, 4.69) is 40.2 Å². The lowest BCUT2D eigenvalue weighted by Gasteiger charge is -2.11. The van der Waals surface area contributed by atoms with Crippen LogP contribution in [0.5, 0.6) is 0 Å². The maximum Gasteiger partial charge on any atom is 0.222 e. The van der Waals surface area contributed by atoms with Crippen LogP contribution in [0.3, 0.4) is 0 Å². The van der Waals surface area contributed by atoms with Gasteiger partial charge in [0, 0.05) is 5.69 Å². The number of hydrogen-bond acceptors (Lipinski definition) is 7. The van der Waals surface area contributed by atoms with Gasteiger partial charge in [0.05, 0.1) is 12.8 Å². The molecule has 4 aromatic rings.